The molecule has 0 saturated carbocycles. The molecule has 0 radical (unpaired) electrons. The molecule has 0 bridgehead atoms. The molecular weight excluding hydrogens is 152 g/mol. The lowest BCUT2D eigenvalue weighted by atomic mass is 10.3. The summed E-state index contributed by atoms with van der Waals surface area (Å²) in [5.41, 5.74) is 0. The van der Waals surface area contributed by atoms with Crippen molar-refractivity contribution in [3.05, 3.63) is 11.5 Å². The van der Waals surface area contributed by atoms with E-state index < -0.39 is 12.4 Å². The van der Waals surface area contributed by atoms with Crippen LogP contribution in [0.15, 0.2) is 11.5 Å². The number of rotatable bonds is 4. The van der Waals surface area contributed by atoms with Crippen molar-refractivity contribution in [2.75, 3.05) is 6.26 Å². The number of ketones is 1. The summed E-state index contributed by atoms with van der Waals surface area (Å²) in [6.07, 6.45) is 2.64. The van der Waals surface area contributed by atoms with Crippen LogP contribution in [0.25, 0.3) is 0 Å². The third-order valence-corrected chi connectivity index (χ3v) is 1.12. The van der Waals surface area contributed by atoms with Crippen LogP contribution in [0.3, 0.4) is 0 Å². The summed E-state index contributed by atoms with van der Waals surface area (Å²) < 4.78 is 0. The Kier molecular flexibility index (Phi) is 4.66. The van der Waals surface area contributed by atoms with Gasteiger partial charge in [-0.3, -0.25) is 9.59 Å². The number of carboxylic acid groups (broad SMARTS) is 1. The van der Waals surface area contributed by atoms with E-state index >= 15 is 0 Å². The van der Waals surface area contributed by atoms with Crippen molar-refractivity contribution in [2.24, 2.45) is 0 Å². The maximum Gasteiger partial charge on any atom is 0.311 e. The smallest absolute Gasteiger partial charge is 0.311 e. The van der Waals surface area contributed by atoms with E-state index in [1.807, 2.05) is 0 Å². The molecule has 0 aromatic carbocycles. The zero-order valence-electron chi connectivity index (χ0n) is 5.53. The maximum atomic E-state index is 10.5. The first-order valence-corrected chi connectivity index (χ1v) is 3.89. The fraction of sp³-hybridized carbons (Fsp3) is 0.333. The predicted molar refractivity (Wildman–Crippen MR) is 39.9 cm³/mol. The first-order chi connectivity index (χ1) is 4.66. The highest BCUT2D eigenvalue weighted by atomic mass is 32.2. The monoisotopic (exact) mass is 160 g/mol. The molecule has 0 aromatic heterocycles. The zero-order valence-corrected chi connectivity index (χ0v) is 6.35. The van der Waals surface area contributed by atoms with Crippen LogP contribution >= 0.6 is 11.8 Å². The Morgan fingerprint density at radius 2 is 2.20 bits per heavy atom. The number of carboxylic acids is 1. The summed E-state index contributed by atoms with van der Waals surface area (Å²) in [5, 5.41) is 9.68. The highest BCUT2D eigenvalue weighted by Gasteiger charge is 2.01. The average Bonchev–Trinajstić information content (AvgIpc) is 1.82. The lowest BCUT2D eigenvalue weighted by Gasteiger charge is -1.85. The molecule has 0 unspecified atom stereocenters. The first kappa shape index (κ1) is 9.23. The third kappa shape index (κ3) is 5.37. The van der Waals surface area contributed by atoms with Gasteiger partial charge in [0.2, 0.25) is 0 Å². The van der Waals surface area contributed by atoms with Crippen LogP contribution in [0.5, 0.6) is 0 Å². The molecule has 0 aliphatic carbocycles. The van der Waals surface area contributed by atoms with E-state index in [4.69, 9.17) is 5.11 Å². The van der Waals surface area contributed by atoms with Crippen LogP contribution in [-0.4, -0.2) is 23.1 Å². The van der Waals surface area contributed by atoms with Gasteiger partial charge in [-0.25, -0.2) is 0 Å². The van der Waals surface area contributed by atoms with Crippen molar-refractivity contribution in [2.45, 2.75) is 6.42 Å². The second kappa shape index (κ2) is 5.05. The number of allylic oxidation sites excluding steroid dienone is 1. The Labute approximate surface area is 63.1 Å². The van der Waals surface area contributed by atoms with Gasteiger partial charge in [0, 0.05) is 0 Å². The molecule has 0 aliphatic heterocycles. The van der Waals surface area contributed by atoms with Gasteiger partial charge in [0.1, 0.15) is 6.42 Å². The molecule has 0 rings (SSSR count). The summed E-state index contributed by atoms with van der Waals surface area (Å²) in [5.74, 6) is -1.46. The van der Waals surface area contributed by atoms with E-state index in [2.05, 4.69) is 0 Å². The zero-order chi connectivity index (χ0) is 7.98. The predicted octanol–water partition coefficient (Wildman–Crippen LogP) is 0.907. The second-order valence-corrected chi connectivity index (χ2v) is 2.32. The van der Waals surface area contributed by atoms with Crippen LogP contribution < -0.4 is 0 Å². The van der Waals surface area contributed by atoms with E-state index in [-0.39, 0.29) is 5.78 Å². The van der Waals surface area contributed by atoms with Crippen molar-refractivity contribution in [1.29, 1.82) is 0 Å². The fourth-order valence-electron chi connectivity index (χ4n) is 0.352. The summed E-state index contributed by atoms with van der Waals surface area (Å²) >= 11 is 1.36. The van der Waals surface area contributed by atoms with E-state index in [9.17, 15) is 9.59 Å². The van der Waals surface area contributed by atoms with Gasteiger partial charge in [0.15, 0.2) is 5.78 Å². The highest BCUT2D eigenvalue weighted by Crippen LogP contribution is 1.94. The minimum absolute atomic E-state index is 0.373. The molecule has 0 heterocycles. The summed E-state index contributed by atoms with van der Waals surface area (Å²) in [4.78, 5) is 20.4. The number of hydrogen-bond donors (Lipinski definition) is 1. The fourth-order valence-corrected chi connectivity index (χ4v) is 0.640. The molecular formula is C6H8O3S. The second-order valence-electron chi connectivity index (χ2n) is 1.58. The van der Waals surface area contributed by atoms with Crippen LogP contribution in [0.4, 0.5) is 0 Å². The van der Waals surface area contributed by atoms with Crippen molar-refractivity contribution in [1.82, 2.24) is 0 Å². The Bertz CT molecular complexity index is 162. The minimum Gasteiger partial charge on any atom is -0.481 e. The molecule has 10 heavy (non-hydrogen) atoms. The molecule has 0 amide bonds. The molecule has 0 spiro atoms. The first-order valence-electron chi connectivity index (χ1n) is 2.60. The van der Waals surface area contributed by atoms with Gasteiger partial charge in [0.25, 0.3) is 0 Å². The van der Waals surface area contributed by atoms with Crippen LogP contribution in [0.2, 0.25) is 0 Å². The summed E-state index contributed by atoms with van der Waals surface area (Å²) in [6, 6.07) is 0. The minimum atomic E-state index is -1.09. The van der Waals surface area contributed by atoms with Gasteiger partial charge in [-0.15, -0.1) is 11.8 Å². The molecule has 0 aliphatic rings. The van der Waals surface area contributed by atoms with E-state index in [0.717, 1.165) is 0 Å². The molecule has 0 saturated heterocycles. The Morgan fingerprint density at radius 1 is 1.60 bits per heavy atom. The van der Waals surface area contributed by atoms with Gasteiger partial charge in [0.05, 0.1) is 0 Å². The lowest BCUT2D eigenvalue weighted by Crippen LogP contribution is -2.02. The largest absolute Gasteiger partial charge is 0.481 e. The van der Waals surface area contributed by atoms with E-state index in [0.29, 0.717) is 0 Å². The molecule has 4 heteroatoms. The summed E-state index contributed by atoms with van der Waals surface area (Å²) in [7, 11) is 0. The Balaban J connectivity index is 3.64. The number of thioether (sulfide) groups is 1. The number of carbonyl (C=O) groups is 2. The average molecular weight is 160 g/mol. The van der Waals surface area contributed by atoms with Crippen LogP contribution in [0, 0.1) is 0 Å². The molecule has 1 N–H and O–H groups in total. The molecule has 3 nitrogen and oxygen atoms in total. The van der Waals surface area contributed by atoms with Gasteiger partial charge < -0.3 is 5.11 Å². The maximum absolute atomic E-state index is 10.5. The van der Waals surface area contributed by atoms with Crippen molar-refractivity contribution >= 4 is 23.5 Å². The summed E-state index contributed by atoms with van der Waals surface area (Å²) in [6.45, 7) is 0. The van der Waals surface area contributed by atoms with E-state index in [1.54, 1.807) is 11.7 Å². The molecule has 0 atom stereocenters. The number of hydrogen-bond acceptors (Lipinski definition) is 3. The van der Waals surface area contributed by atoms with E-state index in [1.165, 1.54) is 17.8 Å². The van der Waals surface area contributed by atoms with Gasteiger partial charge >= 0.3 is 5.97 Å². The topological polar surface area (TPSA) is 54.4 Å². The molecule has 56 valence electrons. The molecule has 0 fully saturated rings. The van der Waals surface area contributed by atoms with Crippen molar-refractivity contribution < 1.29 is 14.7 Å². The highest BCUT2D eigenvalue weighted by molar-refractivity contribution is 8.01. The quantitative estimate of drug-likeness (QED) is 0.490. The van der Waals surface area contributed by atoms with Crippen LogP contribution in [-0.2, 0) is 9.59 Å². The van der Waals surface area contributed by atoms with Crippen molar-refractivity contribution in [3.63, 3.8) is 0 Å². The lowest BCUT2D eigenvalue weighted by molar-refractivity contribution is -0.139. The number of carbonyl (C=O) groups excluding carboxylic acids is 1. The Hall–Kier alpha value is -0.770. The van der Waals surface area contributed by atoms with Crippen molar-refractivity contribution in [3.8, 4) is 0 Å². The van der Waals surface area contributed by atoms with Gasteiger partial charge in [-0.05, 0) is 17.7 Å². The normalized spacial score (nSPS) is 10.1. The van der Waals surface area contributed by atoms with Crippen LogP contribution in [0.1, 0.15) is 6.42 Å². The SMILES string of the molecule is CS/C=C/C(=O)CC(=O)O. The standard InChI is InChI=1S/C6H8O3S/c1-10-3-2-5(7)4-6(8)9/h2-3H,4H2,1H3,(H,8,9)/b3-2+. The third-order valence-electron chi connectivity index (χ3n) is 0.715. The van der Waals surface area contributed by atoms with Gasteiger partial charge in [-0.2, -0.15) is 0 Å². The number of aliphatic carboxylic acids is 1. The molecule has 0 aromatic rings. The Morgan fingerprint density at radius 3 is 2.60 bits per heavy atom. The van der Waals surface area contributed by atoms with Gasteiger partial charge in [-0.1, -0.05) is 0 Å².